The minimum Gasteiger partial charge on any atom is -0.320 e. The first-order valence-electron chi connectivity index (χ1n) is 4.53. The third-order valence-electron chi connectivity index (χ3n) is 2.25. The van der Waals surface area contributed by atoms with E-state index in [0.717, 1.165) is 12.1 Å². The van der Waals surface area contributed by atoms with Crippen molar-refractivity contribution in [3.8, 4) is 0 Å². The lowest BCUT2D eigenvalue weighted by Gasteiger charge is -2.11. The van der Waals surface area contributed by atoms with Crippen molar-refractivity contribution in [2.45, 2.75) is 6.04 Å². The average molecular weight is 243 g/mol. The van der Waals surface area contributed by atoms with Gasteiger partial charge >= 0.3 is 0 Å². The number of hydrogen-bond donors (Lipinski definition) is 1. The fourth-order valence-corrected chi connectivity index (χ4v) is 2.15. The van der Waals surface area contributed by atoms with Crippen molar-refractivity contribution in [3.63, 3.8) is 0 Å². The van der Waals surface area contributed by atoms with Crippen LogP contribution in [0.3, 0.4) is 0 Å². The molecule has 2 rings (SSSR count). The zero-order chi connectivity index (χ0) is 11.7. The number of halogens is 3. The molecule has 0 saturated heterocycles. The molecule has 0 bridgehead atoms. The highest BCUT2D eigenvalue weighted by atomic mass is 32.1. The molecule has 1 atom stereocenters. The summed E-state index contributed by atoms with van der Waals surface area (Å²) in [5.41, 5.74) is 5.72. The second kappa shape index (κ2) is 4.27. The molecule has 5 heteroatoms. The maximum absolute atomic E-state index is 13.4. The predicted molar refractivity (Wildman–Crippen MR) is 56.7 cm³/mol. The average Bonchev–Trinajstić information content (AvgIpc) is 2.79. The van der Waals surface area contributed by atoms with Crippen LogP contribution in [-0.2, 0) is 0 Å². The highest BCUT2D eigenvalue weighted by Gasteiger charge is 2.19. The summed E-state index contributed by atoms with van der Waals surface area (Å²) in [6.45, 7) is 0. The van der Waals surface area contributed by atoms with E-state index >= 15 is 0 Å². The fraction of sp³-hybridized carbons (Fsp3) is 0.0909. The molecule has 0 aliphatic rings. The molecule has 0 amide bonds. The summed E-state index contributed by atoms with van der Waals surface area (Å²) in [6.07, 6.45) is 0. The van der Waals surface area contributed by atoms with Crippen LogP contribution in [0.4, 0.5) is 13.2 Å². The Labute approximate surface area is 94.3 Å². The maximum atomic E-state index is 13.4. The second-order valence-electron chi connectivity index (χ2n) is 3.26. The molecule has 0 aliphatic carbocycles. The van der Waals surface area contributed by atoms with Crippen molar-refractivity contribution in [1.29, 1.82) is 0 Å². The molecule has 16 heavy (non-hydrogen) atoms. The Kier molecular flexibility index (Phi) is 2.98. The lowest BCUT2D eigenvalue weighted by molar-refractivity contribution is 0.439. The van der Waals surface area contributed by atoms with Gasteiger partial charge in [0.1, 0.15) is 0 Å². The summed E-state index contributed by atoms with van der Waals surface area (Å²) in [6, 6.07) is 4.75. The zero-order valence-electron chi connectivity index (χ0n) is 8.08. The van der Waals surface area contributed by atoms with Gasteiger partial charge in [0.2, 0.25) is 0 Å². The Bertz CT molecular complexity index is 496. The number of hydrogen-bond acceptors (Lipinski definition) is 2. The second-order valence-corrected chi connectivity index (χ2v) is 4.24. The van der Waals surface area contributed by atoms with E-state index in [-0.39, 0.29) is 5.56 Å². The van der Waals surface area contributed by atoms with Crippen molar-refractivity contribution >= 4 is 11.3 Å². The van der Waals surface area contributed by atoms with E-state index in [1.807, 2.05) is 0 Å². The minimum absolute atomic E-state index is 0.0404. The number of rotatable bonds is 2. The molecular formula is C11H8F3NS. The molecule has 0 saturated carbocycles. The highest BCUT2D eigenvalue weighted by Crippen LogP contribution is 2.27. The molecule has 84 valence electrons. The number of benzene rings is 1. The van der Waals surface area contributed by atoms with Gasteiger partial charge in [-0.05, 0) is 17.5 Å². The molecular weight excluding hydrogens is 235 g/mol. The van der Waals surface area contributed by atoms with E-state index in [0.29, 0.717) is 4.88 Å². The van der Waals surface area contributed by atoms with Gasteiger partial charge in [-0.2, -0.15) is 0 Å². The number of nitrogens with two attached hydrogens (primary N) is 1. The quantitative estimate of drug-likeness (QED) is 0.805. The first-order chi connectivity index (χ1) is 7.61. The largest absolute Gasteiger partial charge is 0.320 e. The first kappa shape index (κ1) is 11.2. The van der Waals surface area contributed by atoms with Gasteiger partial charge in [0.15, 0.2) is 17.5 Å². The van der Waals surface area contributed by atoms with Crippen molar-refractivity contribution < 1.29 is 13.2 Å². The van der Waals surface area contributed by atoms with E-state index in [1.54, 1.807) is 17.5 Å². The van der Waals surface area contributed by atoms with Crippen molar-refractivity contribution in [2.24, 2.45) is 5.73 Å². The molecule has 1 unspecified atom stereocenters. The third-order valence-corrected chi connectivity index (χ3v) is 3.21. The Balaban J connectivity index is 2.45. The van der Waals surface area contributed by atoms with Gasteiger partial charge in [0.25, 0.3) is 0 Å². The van der Waals surface area contributed by atoms with Gasteiger partial charge in [-0.3, -0.25) is 0 Å². The van der Waals surface area contributed by atoms with Crippen molar-refractivity contribution in [2.75, 3.05) is 0 Å². The lowest BCUT2D eigenvalue weighted by Crippen LogP contribution is -2.13. The van der Waals surface area contributed by atoms with E-state index in [9.17, 15) is 13.2 Å². The van der Waals surface area contributed by atoms with E-state index in [1.165, 1.54) is 11.3 Å². The molecule has 1 heterocycles. The monoisotopic (exact) mass is 243 g/mol. The molecule has 0 radical (unpaired) electrons. The normalized spacial score (nSPS) is 12.8. The number of thiophene rings is 1. The highest BCUT2D eigenvalue weighted by molar-refractivity contribution is 7.10. The summed E-state index contributed by atoms with van der Waals surface area (Å²) in [5, 5.41) is 1.78. The summed E-state index contributed by atoms with van der Waals surface area (Å²) < 4.78 is 39.1. The van der Waals surface area contributed by atoms with Gasteiger partial charge in [0, 0.05) is 10.4 Å². The summed E-state index contributed by atoms with van der Waals surface area (Å²) in [4.78, 5) is 0.699. The molecule has 1 aromatic carbocycles. The van der Waals surface area contributed by atoms with Gasteiger partial charge in [-0.15, -0.1) is 11.3 Å². The van der Waals surface area contributed by atoms with Crippen LogP contribution in [0.25, 0.3) is 0 Å². The van der Waals surface area contributed by atoms with Crippen LogP contribution < -0.4 is 5.73 Å². The first-order valence-corrected chi connectivity index (χ1v) is 5.41. The van der Waals surface area contributed by atoms with Crippen LogP contribution in [0, 0.1) is 17.5 Å². The standard InChI is InChI=1S/C11H8F3NS/c12-7-4-3-6(9(13)10(7)14)11(15)8-2-1-5-16-8/h1-5,11H,15H2. The Morgan fingerprint density at radius 1 is 1.06 bits per heavy atom. The molecule has 1 nitrogen and oxygen atoms in total. The lowest BCUT2D eigenvalue weighted by atomic mass is 10.1. The van der Waals surface area contributed by atoms with E-state index in [2.05, 4.69) is 0 Å². The zero-order valence-corrected chi connectivity index (χ0v) is 8.90. The fourth-order valence-electron chi connectivity index (χ4n) is 1.40. The molecule has 0 spiro atoms. The van der Waals surface area contributed by atoms with Crippen molar-refractivity contribution in [1.82, 2.24) is 0 Å². The summed E-state index contributed by atoms with van der Waals surface area (Å²) in [7, 11) is 0. The van der Waals surface area contributed by atoms with Gasteiger partial charge in [0.05, 0.1) is 6.04 Å². The molecule has 0 fully saturated rings. The maximum Gasteiger partial charge on any atom is 0.194 e. The Morgan fingerprint density at radius 3 is 2.44 bits per heavy atom. The smallest absolute Gasteiger partial charge is 0.194 e. The molecule has 0 aliphatic heterocycles. The molecule has 1 aromatic heterocycles. The van der Waals surface area contributed by atoms with Crippen LogP contribution in [0.2, 0.25) is 0 Å². The van der Waals surface area contributed by atoms with E-state index < -0.39 is 23.5 Å². The van der Waals surface area contributed by atoms with Crippen LogP contribution in [0.15, 0.2) is 29.6 Å². The predicted octanol–water partition coefficient (Wildman–Crippen LogP) is 3.21. The Morgan fingerprint density at radius 2 is 1.81 bits per heavy atom. The summed E-state index contributed by atoms with van der Waals surface area (Å²) >= 11 is 1.34. The van der Waals surface area contributed by atoms with Gasteiger partial charge in [-0.25, -0.2) is 13.2 Å². The molecule has 2 aromatic rings. The van der Waals surface area contributed by atoms with E-state index in [4.69, 9.17) is 5.73 Å². The van der Waals surface area contributed by atoms with Crippen LogP contribution in [0.1, 0.15) is 16.5 Å². The van der Waals surface area contributed by atoms with Gasteiger partial charge < -0.3 is 5.73 Å². The third kappa shape index (κ3) is 1.83. The van der Waals surface area contributed by atoms with Gasteiger partial charge in [-0.1, -0.05) is 12.1 Å². The van der Waals surface area contributed by atoms with Crippen LogP contribution >= 0.6 is 11.3 Å². The van der Waals surface area contributed by atoms with Crippen LogP contribution in [0.5, 0.6) is 0 Å². The SMILES string of the molecule is NC(c1cccs1)c1ccc(F)c(F)c1F. The topological polar surface area (TPSA) is 26.0 Å². The molecule has 2 N–H and O–H groups in total. The van der Waals surface area contributed by atoms with Crippen LogP contribution in [-0.4, -0.2) is 0 Å². The summed E-state index contributed by atoms with van der Waals surface area (Å²) in [5.74, 6) is -3.91. The minimum atomic E-state index is -1.48. The Hall–Kier alpha value is -1.33. The van der Waals surface area contributed by atoms with Crippen molar-refractivity contribution in [3.05, 3.63) is 57.5 Å².